The molecule has 0 unspecified atom stereocenters. The van der Waals surface area contributed by atoms with E-state index < -0.39 is 5.97 Å². The van der Waals surface area contributed by atoms with E-state index in [0.717, 1.165) is 24.8 Å². The summed E-state index contributed by atoms with van der Waals surface area (Å²) >= 11 is 0. The van der Waals surface area contributed by atoms with Gasteiger partial charge in [0.2, 0.25) is 0 Å². The largest absolute Gasteiger partial charge is 0.497 e. The second kappa shape index (κ2) is 9.78. The van der Waals surface area contributed by atoms with Gasteiger partial charge < -0.3 is 19.5 Å². The number of ether oxygens (including phenoxy) is 3. The Kier molecular flexibility index (Phi) is 6.89. The lowest BCUT2D eigenvalue weighted by Gasteiger charge is -2.26. The Bertz CT molecular complexity index is 906. The molecule has 6 nitrogen and oxygen atoms in total. The van der Waals surface area contributed by atoms with Crippen LogP contribution in [0.1, 0.15) is 35.6 Å². The highest BCUT2D eigenvalue weighted by Crippen LogP contribution is 2.29. The maximum absolute atomic E-state index is 12.2. The number of aryl methyl sites for hydroxylation is 1. The van der Waals surface area contributed by atoms with E-state index >= 15 is 0 Å². The number of hydrogen-bond donors (Lipinski definition) is 1. The lowest BCUT2D eigenvalue weighted by atomic mass is 9.88. The highest BCUT2D eigenvalue weighted by molar-refractivity contribution is 5.89. The van der Waals surface area contributed by atoms with E-state index in [1.54, 1.807) is 38.5 Å². The van der Waals surface area contributed by atoms with Crippen LogP contribution in [0.15, 0.2) is 48.5 Å². The first kappa shape index (κ1) is 20.5. The van der Waals surface area contributed by atoms with Crippen molar-refractivity contribution in [2.75, 3.05) is 20.8 Å². The Balaban J connectivity index is 1.53. The van der Waals surface area contributed by atoms with Gasteiger partial charge in [-0.3, -0.25) is 4.79 Å². The van der Waals surface area contributed by atoms with Gasteiger partial charge in [0.25, 0.3) is 5.91 Å². The molecule has 6 heteroatoms. The molecule has 152 valence electrons. The summed E-state index contributed by atoms with van der Waals surface area (Å²) in [4.78, 5) is 24.2. The van der Waals surface area contributed by atoms with E-state index in [-0.39, 0.29) is 18.6 Å². The summed E-state index contributed by atoms with van der Waals surface area (Å²) in [5, 5.41) is 2.96. The molecule has 1 aliphatic rings. The molecule has 1 amide bonds. The molecule has 2 aromatic carbocycles. The summed E-state index contributed by atoms with van der Waals surface area (Å²) in [5.74, 6) is 0.330. The minimum absolute atomic E-state index is 0.0391. The SMILES string of the molecule is COc1ccc(OC)c(/C=C/C(=O)OCC(=O)N[C@@H]2CCCc3ccccc32)c1. The standard InChI is InChI=1S/C23H25NO5/c1-27-18-11-12-21(28-2)17(14-18)10-13-23(26)29-15-22(25)24-20-9-5-7-16-6-3-4-8-19(16)20/h3-4,6,8,10-14,20H,5,7,9,15H2,1-2H3,(H,24,25)/b13-10+/t20-/m1/s1. The smallest absolute Gasteiger partial charge is 0.331 e. The van der Waals surface area contributed by atoms with Crippen LogP contribution in [0.2, 0.25) is 0 Å². The summed E-state index contributed by atoms with van der Waals surface area (Å²) in [6.07, 6.45) is 5.76. The van der Waals surface area contributed by atoms with Gasteiger partial charge in [0.05, 0.1) is 20.3 Å². The van der Waals surface area contributed by atoms with E-state index in [0.29, 0.717) is 17.1 Å². The van der Waals surface area contributed by atoms with E-state index in [9.17, 15) is 9.59 Å². The average molecular weight is 395 g/mol. The van der Waals surface area contributed by atoms with E-state index in [1.165, 1.54) is 11.6 Å². The van der Waals surface area contributed by atoms with Gasteiger partial charge in [-0.2, -0.15) is 0 Å². The number of fused-ring (bicyclic) bond motifs is 1. The van der Waals surface area contributed by atoms with Crippen molar-refractivity contribution in [1.82, 2.24) is 5.32 Å². The van der Waals surface area contributed by atoms with Crippen LogP contribution in [0.5, 0.6) is 11.5 Å². The van der Waals surface area contributed by atoms with Crippen LogP contribution in [0, 0.1) is 0 Å². The van der Waals surface area contributed by atoms with Gasteiger partial charge in [0, 0.05) is 11.6 Å². The summed E-state index contributed by atoms with van der Waals surface area (Å²) in [7, 11) is 3.11. The normalized spacial score (nSPS) is 15.4. The highest BCUT2D eigenvalue weighted by atomic mass is 16.5. The van der Waals surface area contributed by atoms with Gasteiger partial charge in [-0.05, 0) is 54.7 Å². The number of esters is 1. The number of methoxy groups -OCH3 is 2. The van der Waals surface area contributed by atoms with Crippen LogP contribution in [-0.4, -0.2) is 32.7 Å². The zero-order chi connectivity index (χ0) is 20.6. The van der Waals surface area contributed by atoms with Crippen molar-refractivity contribution < 1.29 is 23.8 Å². The number of carbonyl (C=O) groups excluding carboxylic acids is 2. The van der Waals surface area contributed by atoms with Crippen LogP contribution in [0.25, 0.3) is 6.08 Å². The zero-order valence-electron chi connectivity index (χ0n) is 16.6. The molecule has 1 aliphatic carbocycles. The highest BCUT2D eigenvalue weighted by Gasteiger charge is 2.21. The Hall–Kier alpha value is -3.28. The van der Waals surface area contributed by atoms with Crippen LogP contribution in [-0.2, 0) is 20.7 Å². The molecule has 3 rings (SSSR count). The Morgan fingerprint density at radius 1 is 1.14 bits per heavy atom. The third-order valence-corrected chi connectivity index (χ3v) is 4.89. The lowest BCUT2D eigenvalue weighted by molar-refractivity contribution is -0.144. The molecule has 29 heavy (non-hydrogen) atoms. The molecular formula is C23H25NO5. The lowest BCUT2D eigenvalue weighted by Crippen LogP contribution is -2.34. The second-order valence-corrected chi connectivity index (χ2v) is 6.76. The molecule has 0 heterocycles. The summed E-state index contributed by atoms with van der Waals surface area (Å²) in [6.45, 7) is -0.322. The van der Waals surface area contributed by atoms with E-state index in [2.05, 4.69) is 11.4 Å². The van der Waals surface area contributed by atoms with Crippen molar-refractivity contribution in [3.05, 3.63) is 65.2 Å². The number of hydrogen-bond acceptors (Lipinski definition) is 5. The number of benzene rings is 2. The van der Waals surface area contributed by atoms with Crippen molar-refractivity contribution in [1.29, 1.82) is 0 Å². The molecule has 0 saturated heterocycles. The minimum atomic E-state index is -0.603. The number of nitrogens with one attached hydrogen (secondary N) is 1. The number of carbonyl (C=O) groups is 2. The zero-order valence-corrected chi connectivity index (χ0v) is 16.6. The fourth-order valence-corrected chi connectivity index (χ4v) is 3.45. The maximum atomic E-state index is 12.2. The van der Waals surface area contributed by atoms with Gasteiger partial charge in [0.15, 0.2) is 6.61 Å². The van der Waals surface area contributed by atoms with Crippen LogP contribution < -0.4 is 14.8 Å². The molecule has 0 radical (unpaired) electrons. The van der Waals surface area contributed by atoms with Crippen molar-refractivity contribution in [3.8, 4) is 11.5 Å². The minimum Gasteiger partial charge on any atom is -0.497 e. The third kappa shape index (κ3) is 5.38. The van der Waals surface area contributed by atoms with Crippen LogP contribution in [0.4, 0.5) is 0 Å². The second-order valence-electron chi connectivity index (χ2n) is 6.76. The first-order valence-electron chi connectivity index (χ1n) is 9.54. The van der Waals surface area contributed by atoms with Gasteiger partial charge in [0.1, 0.15) is 11.5 Å². The number of amides is 1. The van der Waals surface area contributed by atoms with Crippen molar-refractivity contribution in [2.45, 2.75) is 25.3 Å². The fourth-order valence-electron chi connectivity index (χ4n) is 3.45. The summed E-state index contributed by atoms with van der Waals surface area (Å²) in [6, 6.07) is 13.3. The molecule has 1 N–H and O–H groups in total. The van der Waals surface area contributed by atoms with Crippen LogP contribution in [0.3, 0.4) is 0 Å². The van der Waals surface area contributed by atoms with Crippen LogP contribution >= 0.6 is 0 Å². The molecule has 0 aromatic heterocycles. The summed E-state index contributed by atoms with van der Waals surface area (Å²) < 4.78 is 15.5. The van der Waals surface area contributed by atoms with Crippen molar-refractivity contribution in [2.24, 2.45) is 0 Å². The van der Waals surface area contributed by atoms with E-state index in [1.807, 2.05) is 18.2 Å². The quantitative estimate of drug-likeness (QED) is 0.574. The average Bonchev–Trinajstić information content (AvgIpc) is 2.76. The molecule has 2 aromatic rings. The fraction of sp³-hybridized carbons (Fsp3) is 0.304. The molecule has 0 spiro atoms. The van der Waals surface area contributed by atoms with Crippen molar-refractivity contribution in [3.63, 3.8) is 0 Å². The van der Waals surface area contributed by atoms with Gasteiger partial charge in [-0.15, -0.1) is 0 Å². The first-order valence-corrected chi connectivity index (χ1v) is 9.54. The Morgan fingerprint density at radius 2 is 1.97 bits per heavy atom. The molecular weight excluding hydrogens is 370 g/mol. The molecule has 0 saturated carbocycles. The molecule has 0 aliphatic heterocycles. The molecule has 1 atom stereocenters. The van der Waals surface area contributed by atoms with Crippen molar-refractivity contribution >= 4 is 18.0 Å². The topological polar surface area (TPSA) is 73.9 Å². The van der Waals surface area contributed by atoms with Gasteiger partial charge in [-0.25, -0.2) is 4.79 Å². The van der Waals surface area contributed by atoms with Gasteiger partial charge in [-0.1, -0.05) is 24.3 Å². The first-order chi connectivity index (χ1) is 14.1. The third-order valence-electron chi connectivity index (χ3n) is 4.89. The molecule has 0 fully saturated rings. The molecule has 0 bridgehead atoms. The predicted molar refractivity (Wildman–Crippen MR) is 110 cm³/mol. The summed E-state index contributed by atoms with van der Waals surface area (Å²) in [5.41, 5.74) is 3.08. The van der Waals surface area contributed by atoms with Gasteiger partial charge >= 0.3 is 5.97 Å². The number of rotatable bonds is 7. The Morgan fingerprint density at radius 3 is 2.76 bits per heavy atom. The maximum Gasteiger partial charge on any atom is 0.331 e. The monoisotopic (exact) mass is 395 g/mol. The predicted octanol–water partition coefficient (Wildman–Crippen LogP) is 3.45. The van der Waals surface area contributed by atoms with E-state index in [4.69, 9.17) is 14.2 Å². The Labute approximate surface area is 170 Å².